The number of anilines is 1. The van der Waals surface area contributed by atoms with E-state index in [1.54, 1.807) is 6.07 Å². The van der Waals surface area contributed by atoms with Gasteiger partial charge in [0.25, 0.3) is 0 Å². The Morgan fingerprint density at radius 1 is 1.44 bits per heavy atom. The fraction of sp³-hybridized carbons (Fsp3) is 0.615. The molecule has 0 unspecified atom stereocenters. The molecule has 18 heavy (non-hydrogen) atoms. The van der Waals surface area contributed by atoms with Crippen LogP contribution in [0.25, 0.3) is 0 Å². The molecule has 1 aromatic rings. The Balaban J connectivity index is 1.94. The molecular formula is C13H19NO3S. The molecule has 1 saturated carbocycles. The van der Waals surface area contributed by atoms with E-state index in [0.29, 0.717) is 5.88 Å². The molecular weight excluding hydrogens is 250 g/mol. The third-order valence-corrected chi connectivity index (χ3v) is 5.02. The predicted octanol–water partition coefficient (Wildman–Crippen LogP) is 3.46. The van der Waals surface area contributed by atoms with Gasteiger partial charge >= 0.3 is 5.97 Å². The minimum atomic E-state index is -1.03. The van der Waals surface area contributed by atoms with E-state index >= 15 is 0 Å². The molecule has 0 atom stereocenters. The normalized spacial score (nSPS) is 18.5. The van der Waals surface area contributed by atoms with E-state index in [0.717, 1.165) is 6.54 Å². The van der Waals surface area contributed by atoms with Crippen LogP contribution in [0, 0.1) is 0 Å². The van der Waals surface area contributed by atoms with Gasteiger partial charge in [-0.1, -0.05) is 19.3 Å². The Hall–Kier alpha value is -1.10. The maximum Gasteiger partial charge on any atom is 0.371 e. The van der Waals surface area contributed by atoms with Gasteiger partial charge < -0.3 is 14.8 Å². The van der Waals surface area contributed by atoms with Gasteiger partial charge in [0.15, 0.2) is 5.88 Å². The van der Waals surface area contributed by atoms with Crippen LogP contribution in [0.1, 0.15) is 42.7 Å². The van der Waals surface area contributed by atoms with Crippen LogP contribution in [0.4, 0.5) is 5.88 Å². The fourth-order valence-corrected chi connectivity index (χ4v) is 3.36. The van der Waals surface area contributed by atoms with Crippen LogP contribution in [0.5, 0.6) is 0 Å². The van der Waals surface area contributed by atoms with Crippen molar-refractivity contribution in [3.8, 4) is 0 Å². The first kappa shape index (κ1) is 13.3. The van der Waals surface area contributed by atoms with Crippen molar-refractivity contribution >= 4 is 23.6 Å². The summed E-state index contributed by atoms with van der Waals surface area (Å²) in [6.07, 6.45) is 8.47. The summed E-state index contributed by atoms with van der Waals surface area (Å²) < 4.78 is 5.48. The van der Waals surface area contributed by atoms with E-state index in [4.69, 9.17) is 9.52 Å². The van der Waals surface area contributed by atoms with E-state index in [-0.39, 0.29) is 10.5 Å². The van der Waals surface area contributed by atoms with Crippen LogP contribution in [-0.2, 0) is 0 Å². The second-order valence-corrected chi connectivity index (χ2v) is 6.04. The maximum absolute atomic E-state index is 10.7. The number of carboxylic acid groups (broad SMARTS) is 1. The molecule has 0 aliphatic heterocycles. The molecule has 0 aromatic carbocycles. The highest BCUT2D eigenvalue weighted by Gasteiger charge is 2.31. The van der Waals surface area contributed by atoms with Gasteiger partial charge in [-0.25, -0.2) is 4.79 Å². The Morgan fingerprint density at radius 3 is 2.72 bits per heavy atom. The molecule has 1 aliphatic rings. The van der Waals surface area contributed by atoms with E-state index in [1.807, 2.05) is 11.8 Å². The Morgan fingerprint density at radius 2 is 2.17 bits per heavy atom. The van der Waals surface area contributed by atoms with Crippen molar-refractivity contribution in [2.75, 3.05) is 18.1 Å². The maximum atomic E-state index is 10.7. The lowest BCUT2D eigenvalue weighted by atomic mass is 9.88. The summed E-state index contributed by atoms with van der Waals surface area (Å²) in [5.41, 5.74) is 0. The molecule has 5 heteroatoms. The zero-order chi connectivity index (χ0) is 13.0. The van der Waals surface area contributed by atoms with E-state index in [1.165, 1.54) is 38.2 Å². The van der Waals surface area contributed by atoms with Gasteiger partial charge in [0, 0.05) is 17.4 Å². The topological polar surface area (TPSA) is 62.5 Å². The first-order valence-electron chi connectivity index (χ1n) is 6.27. The summed E-state index contributed by atoms with van der Waals surface area (Å²) >= 11 is 1.91. The summed E-state index contributed by atoms with van der Waals surface area (Å²) in [5.74, 6) is -0.494. The number of nitrogens with one attached hydrogen (secondary N) is 1. The first-order valence-corrected chi connectivity index (χ1v) is 7.50. The van der Waals surface area contributed by atoms with Gasteiger partial charge in [-0.15, -0.1) is 0 Å². The highest BCUT2D eigenvalue weighted by atomic mass is 32.2. The lowest BCUT2D eigenvalue weighted by molar-refractivity contribution is 0.0663. The Labute approximate surface area is 111 Å². The van der Waals surface area contributed by atoms with Crippen LogP contribution >= 0.6 is 11.8 Å². The van der Waals surface area contributed by atoms with Crippen LogP contribution < -0.4 is 5.32 Å². The highest BCUT2D eigenvalue weighted by molar-refractivity contribution is 8.00. The van der Waals surface area contributed by atoms with Crippen molar-refractivity contribution < 1.29 is 14.3 Å². The summed E-state index contributed by atoms with van der Waals surface area (Å²) in [6.45, 7) is 0.834. The predicted molar refractivity (Wildman–Crippen MR) is 73.5 cm³/mol. The number of carboxylic acids is 1. The van der Waals surface area contributed by atoms with Crippen molar-refractivity contribution in [1.82, 2.24) is 0 Å². The molecule has 4 nitrogen and oxygen atoms in total. The number of rotatable bonds is 5. The number of thioether (sulfide) groups is 1. The van der Waals surface area contributed by atoms with Crippen LogP contribution in [-0.4, -0.2) is 28.6 Å². The van der Waals surface area contributed by atoms with Crippen LogP contribution in [0.3, 0.4) is 0 Å². The largest absolute Gasteiger partial charge is 0.475 e. The van der Waals surface area contributed by atoms with Crippen molar-refractivity contribution in [2.45, 2.75) is 36.9 Å². The lowest BCUT2D eigenvalue weighted by Gasteiger charge is -2.35. The third-order valence-electron chi connectivity index (χ3n) is 3.60. The van der Waals surface area contributed by atoms with Gasteiger partial charge in [-0.3, -0.25) is 0 Å². The smallest absolute Gasteiger partial charge is 0.371 e. The molecule has 2 rings (SSSR count). The van der Waals surface area contributed by atoms with E-state index in [2.05, 4.69) is 11.6 Å². The van der Waals surface area contributed by atoms with Gasteiger partial charge in [0.2, 0.25) is 5.76 Å². The number of hydrogen-bond acceptors (Lipinski definition) is 4. The van der Waals surface area contributed by atoms with Crippen LogP contribution in [0.2, 0.25) is 0 Å². The second kappa shape index (κ2) is 5.69. The van der Waals surface area contributed by atoms with Crippen molar-refractivity contribution in [3.05, 3.63) is 17.9 Å². The number of carbonyl (C=O) groups is 1. The molecule has 0 amide bonds. The lowest BCUT2D eigenvalue weighted by Crippen LogP contribution is -2.35. The minimum absolute atomic E-state index is 0.0145. The molecule has 0 saturated heterocycles. The van der Waals surface area contributed by atoms with Gasteiger partial charge in [-0.05, 0) is 25.2 Å². The molecule has 0 radical (unpaired) electrons. The average molecular weight is 269 g/mol. The third kappa shape index (κ3) is 3.02. The number of aromatic carboxylic acids is 1. The molecule has 1 aromatic heterocycles. The minimum Gasteiger partial charge on any atom is -0.475 e. The molecule has 0 spiro atoms. The molecule has 1 fully saturated rings. The standard InChI is InChI=1S/C13H19NO3S/c1-18-13(7-3-2-4-8-13)9-14-11-6-5-10(17-11)12(15)16/h5-6,14H,2-4,7-9H2,1H3,(H,15,16). The van der Waals surface area contributed by atoms with Crippen molar-refractivity contribution in [3.63, 3.8) is 0 Å². The Bertz CT molecular complexity index is 410. The summed E-state index contributed by atoms with van der Waals surface area (Å²) in [5, 5.41) is 12.0. The van der Waals surface area contributed by atoms with E-state index < -0.39 is 5.97 Å². The molecule has 100 valence electrons. The van der Waals surface area contributed by atoms with Crippen molar-refractivity contribution in [2.24, 2.45) is 0 Å². The monoisotopic (exact) mass is 269 g/mol. The van der Waals surface area contributed by atoms with Crippen LogP contribution in [0.15, 0.2) is 16.5 Å². The zero-order valence-corrected chi connectivity index (χ0v) is 11.4. The summed E-state index contributed by atoms with van der Waals surface area (Å²) in [6, 6.07) is 3.16. The molecule has 0 bridgehead atoms. The van der Waals surface area contributed by atoms with E-state index in [9.17, 15) is 4.79 Å². The van der Waals surface area contributed by atoms with Crippen molar-refractivity contribution in [1.29, 1.82) is 0 Å². The quantitative estimate of drug-likeness (QED) is 0.857. The highest BCUT2D eigenvalue weighted by Crippen LogP contribution is 2.38. The van der Waals surface area contributed by atoms with Gasteiger partial charge in [0.05, 0.1) is 0 Å². The fourth-order valence-electron chi connectivity index (χ4n) is 2.45. The zero-order valence-electron chi connectivity index (χ0n) is 10.6. The molecule has 1 heterocycles. The van der Waals surface area contributed by atoms with Gasteiger partial charge in [-0.2, -0.15) is 11.8 Å². The Kier molecular flexibility index (Phi) is 4.22. The first-order chi connectivity index (χ1) is 8.65. The summed E-state index contributed by atoms with van der Waals surface area (Å²) in [7, 11) is 0. The number of hydrogen-bond donors (Lipinski definition) is 2. The average Bonchev–Trinajstić information content (AvgIpc) is 2.87. The SMILES string of the molecule is CSC1(CNc2ccc(C(=O)O)o2)CCCCC1. The molecule has 1 aliphatic carbocycles. The second-order valence-electron chi connectivity index (χ2n) is 4.77. The summed E-state index contributed by atoms with van der Waals surface area (Å²) in [4.78, 5) is 10.7. The molecule has 2 N–H and O–H groups in total. The van der Waals surface area contributed by atoms with Gasteiger partial charge in [0.1, 0.15) is 0 Å². The number of furan rings is 1.